The fraction of sp³-hybridized carbons (Fsp3) is 0.611. The zero-order valence-corrected chi connectivity index (χ0v) is 14.6. The van der Waals surface area contributed by atoms with Crippen LogP contribution in [-0.4, -0.2) is 55.0 Å². The number of hydrogen-bond donors (Lipinski definition) is 1. The van der Waals surface area contributed by atoms with Gasteiger partial charge in [0, 0.05) is 43.8 Å². The first-order valence-corrected chi connectivity index (χ1v) is 8.99. The minimum absolute atomic E-state index is 0.171. The Kier molecular flexibility index (Phi) is 5.57. The summed E-state index contributed by atoms with van der Waals surface area (Å²) in [5.74, 6) is 0.914. The third kappa shape index (κ3) is 4.69. The van der Waals surface area contributed by atoms with Crippen LogP contribution >= 0.6 is 11.6 Å². The average molecular weight is 336 g/mol. The highest BCUT2D eigenvalue weighted by atomic mass is 35.5. The average Bonchev–Trinajstić information content (AvgIpc) is 3.38. The van der Waals surface area contributed by atoms with Crippen molar-refractivity contribution in [3.8, 4) is 0 Å². The molecule has 1 saturated heterocycles. The number of piperazine rings is 1. The molecule has 4 nitrogen and oxygen atoms in total. The second-order valence-corrected chi connectivity index (χ2v) is 7.16. The molecular weight excluding hydrogens is 310 g/mol. The molecule has 1 aromatic carbocycles. The lowest BCUT2D eigenvalue weighted by atomic mass is 10.1. The summed E-state index contributed by atoms with van der Waals surface area (Å²) >= 11 is 6.31. The van der Waals surface area contributed by atoms with E-state index in [2.05, 4.69) is 28.1 Å². The zero-order valence-electron chi connectivity index (χ0n) is 13.8. The second kappa shape index (κ2) is 7.65. The molecule has 23 heavy (non-hydrogen) atoms. The molecule has 1 aliphatic carbocycles. The highest BCUT2D eigenvalue weighted by Gasteiger charge is 2.25. The Balaban J connectivity index is 1.44. The topological polar surface area (TPSA) is 35.6 Å². The third-order valence-corrected chi connectivity index (χ3v) is 5.31. The lowest BCUT2D eigenvalue weighted by Gasteiger charge is -2.38. The molecule has 1 aliphatic heterocycles. The first-order valence-electron chi connectivity index (χ1n) is 8.61. The maximum absolute atomic E-state index is 11.9. The van der Waals surface area contributed by atoms with Crippen molar-refractivity contribution in [1.82, 2.24) is 15.1 Å². The van der Waals surface area contributed by atoms with Gasteiger partial charge in [0.2, 0.25) is 5.91 Å². The van der Waals surface area contributed by atoms with Gasteiger partial charge in [0.1, 0.15) is 0 Å². The number of benzene rings is 1. The molecule has 2 aliphatic rings. The molecule has 1 amide bonds. The van der Waals surface area contributed by atoms with E-state index in [4.69, 9.17) is 11.6 Å². The molecule has 0 bridgehead atoms. The Labute approximate surface area is 143 Å². The van der Waals surface area contributed by atoms with Crippen molar-refractivity contribution in [3.05, 3.63) is 34.9 Å². The molecule has 1 N–H and O–H groups in total. The van der Waals surface area contributed by atoms with E-state index in [1.165, 1.54) is 18.4 Å². The summed E-state index contributed by atoms with van der Waals surface area (Å²) in [7, 11) is 0. The third-order valence-electron chi connectivity index (χ3n) is 4.96. The second-order valence-electron chi connectivity index (χ2n) is 6.76. The molecule has 2 fully saturated rings. The highest BCUT2D eigenvalue weighted by molar-refractivity contribution is 6.31. The Morgan fingerprint density at radius 3 is 2.61 bits per heavy atom. The fourth-order valence-corrected chi connectivity index (χ4v) is 3.45. The van der Waals surface area contributed by atoms with Gasteiger partial charge in [0.15, 0.2) is 0 Å². The molecule has 1 atom stereocenters. The van der Waals surface area contributed by atoms with Crippen LogP contribution in [0.2, 0.25) is 5.02 Å². The quantitative estimate of drug-likeness (QED) is 0.867. The highest BCUT2D eigenvalue weighted by Crippen LogP contribution is 2.28. The summed E-state index contributed by atoms with van der Waals surface area (Å²) < 4.78 is 0. The molecule has 1 unspecified atom stereocenters. The van der Waals surface area contributed by atoms with Crippen molar-refractivity contribution in [2.24, 2.45) is 5.92 Å². The summed E-state index contributed by atoms with van der Waals surface area (Å²) in [6, 6.07) is 8.38. The van der Waals surface area contributed by atoms with Crippen LogP contribution in [-0.2, 0) is 4.79 Å². The molecule has 0 aromatic heterocycles. The van der Waals surface area contributed by atoms with Crippen molar-refractivity contribution in [2.45, 2.75) is 25.8 Å². The maximum Gasteiger partial charge on any atom is 0.234 e. The lowest BCUT2D eigenvalue weighted by Crippen LogP contribution is -2.50. The number of halogens is 1. The van der Waals surface area contributed by atoms with Gasteiger partial charge in [0.05, 0.1) is 6.54 Å². The van der Waals surface area contributed by atoms with Crippen molar-refractivity contribution in [1.29, 1.82) is 0 Å². The van der Waals surface area contributed by atoms with Gasteiger partial charge in [0.25, 0.3) is 0 Å². The van der Waals surface area contributed by atoms with E-state index in [9.17, 15) is 4.79 Å². The van der Waals surface area contributed by atoms with Crippen LogP contribution in [0.1, 0.15) is 31.4 Å². The predicted octanol–water partition coefficient (Wildman–Crippen LogP) is 2.54. The molecule has 0 spiro atoms. The van der Waals surface area contributed by atoms with E-state index >= 15 is 0 Å². The van der Waals surface area contributed by atoms with E-state index in [-0.39, 0.29) is 5.91 Å². The van der Waals surface area contributed by atoms with E-state index in [0.29, 0.717) is 12.6 Å². The van der Waals surface area contributed by atoms with Crippen LogP contribution in [0.5, 0.6) is 0 Å². The zero-order chi connectivity index (χ0) is 16.2. The number of carbonyl (C=O) groups excluding carboxylic acids is 1. The summed E-state index contributed by atoms with van der Waals surface area (Å²) in [6.45, 7) is 7.42. The van der Waals surface area contributed by atoms with Crippen molar-refractivity contribution >= 4 is 17.5 Å². The largest absolute Gasteiger partial charge is 0.355 e. The molecule has 3 rings (SSSR count). The summed E-state index contributed by atoms with van der Waals surface area (Å²) in [4.78, 5) is 16.6. The van der Waals surface area contributed by atoms with Crippen molar-refractivity contribution in [3.63, 3.8) is 0 Å². The number of hydrogen-bond acceptors (Lipinski definition) is 3. The lowest BCUT2D eigenvalue weighted by molar-refractivity contribution is -0.122. The molecule has 0 radical (unpaired) electrons. The summed E-state index contributed by atoms with van der Waals surface area (Å²) in [5.41, 5.74) is 1.18. The van der Waals surface area contributed by atoms with E-state index < -0.39 is 0 Å². The van der Waals surface area contributed by atoms with E-state index in [1.54, 1.807) is 0 Å². The minimum atomic E-state index is 0.171. The standard InChI is InChI=1S/C18H26ClN3O/c1-14(16-4-2-3-5-17(16)19)22-10-8-21(9-11-22)13-18(23)20-12-15-6-7-15/h2-5,14-15H,6-13H2,1H3,(H,20,23). The molecule has 1 saturated carbocycles. The van der Waals surface area contributed by atoms with Crippen LogP contribution in [0.3, 0.4) is 0 Å². The van der Waals surface area contributed by atoms with Crippen molar-refractivity contribution < 1.29 is 4.79 Å². The molecule has 5 heteroatoms. The molecule has 1 aromatic rings. The van der Waals surface area contributed by atoms with Gasteiger partial charge in [-0.05, 0) is 37.3 Å². The SMILES string of the molecule is CC(c1ccccc1Cl)N1CCN(CC(=O)NCC2CC2)CC1. The maximum atomic E-state index is 11.9. The summed E-state index contributed by atoms with van der Waals surface area (Å²) in [5, 5.41) is 3.88. The van der Waals surface area contributed by atoms with Crippen molar-refractivity contribution in [2.75, 3.05) is 39.3 Å². The molecular formula is C18H26ClN3O. The van der Waals surface area contributed by atoms with Gasteiger partial charge in [-0.3, -0.25) is 14.6 Å². The Morgan fingerprint density at radius 2 is 1.96 bits per heavy atom. The Hall–Kier alpha value is -1.10. The van der Waals surface area contributed by atoms with E-state index in [1.807, 2.05) is 18.2 Å². The predicted molar refractivity (Wildman–Crippen MR) is 93.6 cm³/mol. The normalized spacial score (nSPS) is 21.1. The van der Waals surface area contributed by atoms with Crippen LogP contribution in [0.4, 0.5) is 0 Å². The number of nitrogens with one attached hydrogen (secondary N) is 1. The first kappa shape index (κ1) is 16.7. The fourth-order valence-electron chi connectivity index (χ4n) is 3.16. The number of rotatable bonds is 6. The van der Waals surface area contributed by atoms with Gasteiger partial charge < -0.3 is 5.32 Å². The van der Waals surface area contributed by atoms with Gasteiger partial charge in [-0.25, -0.2) is 0 Å². The van der Waals surface area contributed by atoms with Gasteiger partial charge in [-0.2, -0.15) is 0 Å². The van der Waals surface area contributed by atoms with Crippen LogP contribution in [0.25, 0.3) is 0 Å². The van der Waals surface area contributed by atoms with Gasteiger partial charge in [-0.15, -0.1) is 0 Å². The Bertz CT molecular complexity index is 539. The van der Waals surface area contributed by atoms with Crippen LogP contribution in [0, 0.1) is 5.92 Å². The summed E-state index contributed by atoms with van der Waals surface area (Å²) in [6.07, 6.45) is 2.55. The minimum Gasteiger partial charge on any atom is -0.355 e. The molecule has 1 heterocycles. The smallest absolute Gasteiger partial charge is 0.234 e. The van der Waals surface area contributed by atoms with Gasteiger partial charge in [-0.1, -0.05) is 29.8 Å². The number of carbonyl (C=O) groups is 1. The molecule has 126 valence electrons. The monoisotopic (exact) mass is 335 g/mol. The van der Waals surface area contributed by atoms with E-state index in [0.717, 1.165) is 43.7 Å². The van der Waals surface area contributed by atoms with Crippen LogP contribution < -0.4 is 5.32 Å². The number of nitrogens with zero attached hydrogens (tertiary/aromatic N) is 2. The number of amides is 1. The first-order chi connectivity index (χ1) is 11.1. The van der Waals surface area contributed by atoms with Crippen LogP contribution in [0.15, 0.2) is 24.3 Å². The Morgan fingerprint density at radius 1 is 1.26 bits per heavy atom. The van der Waals surface area contributed by atoms with Gasteiger partial charge >= 0.3 is 0 Å².